The second-order valence-corrected chi connectivity index (χ2v) is 9.43. The van der Waals surface area contributed by atoms with Crippen LogP contribution < -0.4 is 9.46 Å². The van der Waals surface area contributed by atoms with Gasteiger partial charge < -0.3 is 9.47 Å². The SMILES string of the molecule is COC(=O)CCCCCCCC(NS(=O)(=O)c1ccc(Cl)cc1)c1ccc(OC)cc1. The zero-order valence-electron chi connectivity index (χ0n) is 18.0. The Morgan fingerprint density at radius 3 is 2.16 bits per heavy atom. The molecular formula is C23H30ClNO5S. The first kappa shape index (κ1) is 25.2. The number of methoxy groups -OCH3 is 2. The molecule has 0 amide bonds. The van der Waals surface area contributed by atoms with Crippen LogP contribution >= 0.6 is 11.6 Å². The Morgan fingerprint density at radius 1 is 0.935 bits per heavy atom. The van der Waals surface area contributed by atoms with Gasteiger partial charge in [-0.3, -0.25) is 4.79 Å². The molecule has 1 N–H and O–H groups in total. The van der Waals surface area contributed by atoms with Crippen LogP contribution in [-0.4, -0.2) is 28.6 Å². The standard InChI is InChI=1S/C23H30ClNO5S/c1-29-20-14-10-18(11-15-20)22(8-6-4-3-5-7-9-23(26)30-2)25-31(27,28)21-16-12-19(24)13-17-21/h10-17,22,25H,3-9H2,1-2H3. The molecule has 170 valence electrons. The first-order chi connectivity index (χ1) is 14.9. The molecule has 2 aromatic carbocycles. The Kier molecular flexibility index (Phi) is 10.3. The molecular weight excluding hydrogens is 438 g/mol. The van der Waals surface area contributed by atoms with Crippen molar-refractivity contribution in [1.29, 1.82) is 0 Å². The molecule has 0 aromatic heterocycles. The summed E-state index contributed by atoms with van der Waals surface area (Å²) < 4.78 is 38.5. The number of hydrogen-bond donors (Lipinski definition) is 1. The van der Waals surface area contributed by atoms with Gasteiger partial charge in [-0.1, -0.05) is 49.4 Å². The molecule has 0 radical (unpaired) electrons. The Bertz CT molecular complexity index is 914. The molecule has 31 heavy (non-hydrogen) atoms. The van der Waals surface area contributed by atoms with Crippen LogP contribution in [0.2, 0.25) is 5.02 Å². The molecule has 0 spiro atoms. The van der Waals surface area contributed by atoms with E-state index in [0.717, 1.165) is 37.7 Å². The third kappa shape index (κ3) is 8.51. The van der Waals surface area contributed by atoms with E-state index in [2.05, 4.69) is 9.46 Å². The van der Waals surface area contributed by atoms with Crippen molar-refractivity contribution in [2.45, 2.75) is 55.9 Å². The van der Waals surface area contributed by atoms with Crippen molar-refractivity contribution < 1.29 is 22.7 Å². The summed E-state index contributed by atoms with van der Waals surface area (Å²) in [5, 5.41) is 0.484. The van der Waals surface area contributed by atoms with E-state index in [1.807, 2.05) is 24.3 Å². The van der Waals surface area contributed by atoms with Crippen molar-refractivity contribution in [3.8, 4) is 5.75 Å². The normalized spacial score (nSPS) is 12.4. The van der Waals surface area contributed by atoms with E-state index in [-0.39, 0.29) is 16.9 Å². The maximum absolute atomic E-state index is 12.9. The third-order valence-electron chi connectivity index (χ3n) is 5.04. The fourth-order valence-electron chi connectivity index (χ4n) is 3.25. The van der Waals surface area contributed by atoms with Crippen molar-refractivity contribution >= 4 is 27.6 Å². The maximum Gasteiger partial charge on any atom is 0.305 e. The van der Waals surface area contributed by atoms with Gasteiger partial charge in [0.25, 0.3) is 0 Å². The van der Waals surface area contributed by atoms with Crippen molar-refractivity contribution in [1.82, 2.24) is 4.72 Å². The predicted octanol–water partition coefficient (Wildman–Crippen LogP) is 5.27. The Labute approximate surface area is 190 Å². The van der Waals surface area contributed by atoms with Crippen LogP contribution in [0.5, 0.6) is 5.75 Å². The molecule has 0 bridgehead atoms. The summed E-state index contributed by atoms with van der Waals surface area (Å²) >= 11 is 5.89. The molecule has 0 aliphatic carbocycles. The smallest absolute Gasteiger partial charge is 0.305 e. The molecule has 1 unspecified atom stereocenters. The molecule has 6 nitrogen and oxygen atoms in total. The summed E-state index contributed by atoms with van der Waals surface area (Å²) in [6.45, 7) is 0. The van der Waals surface area contributed by atoms with Gasteiger partial charge in [0.2, 0.25) is 10.0 Å². The van der Waals surface area contributed by atoms with Gasteiger partial charge in [0.15, 0.2) is 0 Å². The molecule has 0 aliphatic heterocycles. The number of unbranched alkanes of at least 4 members (excludes halogenated alkanes) is 4. The van der Waals surface area contributed by atoms with E-state index in [1.54, 1.807) is 19.2 Å². The number of esters is 1. The van der Waals surface area contributed by atoms with Gasteiger partial charge in [0.05, 0.1) is 19.1 Å². The zero-order chi connectivity index (χ0) is 22.7. The molecule has 8 heteroatoms. The molecule has 0 fully saturated rings. The number of hydrogen-bond acceptors (Lipinski definition) is 5. The Hall–Kier alpha value is -2.09. The minimum Gasteiger partial charge on any atom is -0.497 e. The van der Waals surface area contributed by atoms with Crippen LogP contribution in [0.3, 0.4) is 0 Å². The van der Waals surface area contributed by atoms with Crippen LogP contribution in [0, 0.1) is 0 Å². The topological polar surface area (TPSA) is 81.7 Å². The highest BCUT2D eigenvalue weighted by molar-refractivity contribution is 7.89. The average molecular weight is 468 g/mol. The van der Waals surface area contributed by atoms with Crippen LogP contribution in [-0.2, 0) is 19.6 Å². The molecule has 0 saturated carbocycles. The van der Waals surface area contributed by atoms with Gasteiger partial charge in [0, 0.05) is 17.5 Å². The average Bonchev–Trinajstić information content (AvgIpc) is 2.77. The van der Waals surface area contributed by atoms with Crippen molar-refractivity contribution in [3.63, 3.8) is 0 Å². The van der Waals surface area contributed by atoms with E-state index in [4.69, 9.17) is 16.3 Å². The highest BCUT2D eigenvalue weighted by Gasteiger charge is 2.21. The quantitative estimate of drug-likeness (QED) is 0.320. The molecule has 2 aromatic rings. The van der Waals surface area contributed by atoms with Crippen LogP contribution in [0.4, 0.5) is 0 Å². The third-order valence-corrected chi connectivity index (χ3v) is 6.78. The molecule has 2 rings (SSSR count). The lowest BCUT2D eigenvalue weighted by atomic mass is 10.0. The van der Waals surface area contributed by atoms with E-state index >= 15 is 0 Å². The fraction of sp³-hybridized carbons (Fsp3) is 0.435. The lowest BCUT2D eigenvalue weighted by Crippen LogP contribution is -2.28. The fourth-order valence-corrected chi connectivity index (χ4v) is 4.63. The Morgan fingerprint density at radius 2 is 1.55 bits per heavy atom. The van der Waals surface area contributed by atoms with Crippen molar-refractivity contribution in [2.24, 2.45) is 0 Å². The number of ether oxygens (including phenoxy) is 2. The van der Waals surface area contributed by atoms with Gasteiger partial charge in [0.1, 0.15) is 5.75 Å². The van der Waals surface area contributed by atoms with Crippen molar-refractivity contribution in [3.05, 3.63) is 59.1 Å². The maximum atomic E-state index is 12.9. The number of benzene rings is 2. The number of nitrogens with one attached hydrogen (secondary N) is 1. The molecule has 0 saturated heterocycles. The van der Waals surface area contributed by atoms with Gasteiger partial charge in [-0.05, 0) is 54.8 Å². The van der Waals surface area contributed by atoms with Crippen LogP contribution in [0.25, 0.3) is 0 Å². The number of sulfonamides is 1. The first-order valence-electron chi connectivity index (χ1n) is 10.3. The summed E-state index contributed by atoms with van der Waals surface area (Å²) in [7, 11) is -0.706. The van der Waals surface area contributed by atoms with Crippen molar-refractivity contribution in [2.75, 3.05) is 14.2 Å². The second-order valence-electron chi connectivity index (χ2n) is 7.28. The van der Waals surface area contributed by atoms with Crippen LogP contribution in [0.1, 0.15) is 56.6 Å². The number of halogens is 1. The second kappa shape index (κ2) is 12.7. The first-order valence-corrected chi connectivity index (χ1v) is 12.2. The molecule has 0 heterocycles. The summed E-state index contributed by atoms with van der Waals surface area (Å²) in [5.74, 6) is 0.532. The van der Waals surface area contributed by atoms with Crippen LogP contribution in [0.15, 0.2) is 53.4 Å². The number of carbonyl (C=O) groups is 1. The highest BCUT2D eigenvalue weighted by atomic mass is 35.5. The van der Waals surface area contributed by atoms with Gasteiger partial charge >= 0.3 is 5.97 Å². The summed E-state index contributed by atoms with van der Waals surface area (Å²) in [4.78, 5) is 11.3. The monoisotopic (exact) mass is 467 g/mol. The summed E-state index contributed by atoms with van der Waals surface area (Å²) in [6.07, 6.45) is 5.64. The largest absolute Gasteiger partial charge is 0.497 e. The minimum absolute atomic E-state index is 0.179. The van der Waals surface area contributed by atoms with Gasteiger partial charge in [-0.2, -0.15) is 0 Å². The van der Waals surface area contributed by atoms with Gasteiger partial charge in [-0.25, -0.2) is 13.1 Å². The lowest BCUT2D eigenvalue weighted by Gasteiger charge is -2.20. The van der Waals surface area contributed by atoms with E-state index in [1.165, 1.54) is 19.2 Å². The van der Waals surface area contributed by atoms with E-state index < -0.39 is 10.0 Å². The lowest BCUT2D eigenvalue weighted by molar-refractivity contribution is -0.140. The highest BCUT2D eigenvalue weighted by Crippen LogP contribution is 2.25. The minimum atomic E-state index is -3.70. The number of carbonyl (C=O) groups excluding carboxylic acids is 1. The predicted molar refractivity (Wildman–Crippen MR) is 122 cm³/mol. The van der Waals surface area contributed by atoms with E-state index in [0.29, 0.717) is 23.6 Å². The molecule has 1 atom stereocenters. The Balaban J connectivity index is 1.99. The van der Waals surface area contributed by atoms with Gasteiger partial charge in [-0.15, -0.1) is 0 Å². The zero-order valence-corrected chi connectivity index (χ0v) is 19.5. The van der Waals surface area contributed by atoms with E-state index in [9.17, 15) is 13.2 Å². The summed E-state index contributed by atoms with van der Waals surface area (Å²) in [5.41, 5.74) is 0.879. The number of rotatable bonds is 13. The molecule has 0 aliphatic rings. The summed E-state index contributed by atoms with van der Waals surface area (Å²) in [6, 6.07) is 13.2.